The molecule has 3 N–H and O–H groups in total. The second-order valence-electron chi connectivity index (χ2n) is 5.08. The van der Waals surface area contributed by atoms with Crippen molar-refractivity contribution in [3.63, 3.8) is 0 Å². The van der Waals surface area contributed by atoms with E-state index in [9.17, 15) is 13.2 Å². The van der Waals surface area contributed by atoms with E-state index in [0.717, 1.165) is 4.31 Å². The summed E-state index contributed by atoms with van der Waals surface area (Å²) in [6.07, 6.45) is 0. The molecule has 110 valence electrons. The normalized spacial score (nSPS) is 19.6. The van der Waals surface area contributed by atoms with Gasteiger partial charge in [-0.2, -0.15) is 4.31 Å². The molecule has 1 aromatic rings. The molecule has 1 heterocycles. The summed E-state index contributed by atoms with van der Waals surface area (Å²) in [5, 5.41) is 2.73. The molecule has 0 unspecified atom stereocenters. The van der Waals surface area contributed by atoms with E-state index in [1.165, 1.54) is 18.2 Å². The Kier molecular flexibility index (Phi) is 3.70. The molecule has 2 rings (SSSR count). The molecule has 1 amide bonds. The Hall–Kier alpha value is -1.31. The maximum atomic E-state index is 12.7. The fourth-order valence-electron chi connectivity index (χ4n) is 2.14. The monoisotopic (exact) mass is 317 g/mol. The molecule has 1 aliphatic heterocycles. The first-order valence-electron chi connectivity index (χ1n) is 6.03. The lowest BCUT2D eigenvalue weighted by Gasteiger charge is -2.39. The van der Waals surface area contributed by atoms with Gasteiger partial charge >= 0.3 is 0 Å². The zero-order chi connectivity index (χ0) is 15.1. The van der Waals surface area contributed by atoms with Gasteiger partial charge in [-0.3, -0.25) is 4.79 Å². The molecule has 20 heavy (non-hydrogen) atoms. The number of halogens is 1. The zero-order valence-electron chi connectivity index (χ0n) is 11.2. The number of piperazine rings is 1. The Labute approximate surface area is 122 Å². The minimum atomic E-state index is -3.90. The fraction of sp³-hybridized carbons (Fsp3) is 0.417. The van der Waals surface area contributed by atoms with Crippen LogP contribution in [0, 0.1) is 0 Å². The molecule has 0 radical (unpaired) electrons. The van der Waals surface area contributed by atoms with Crippen LogP contribution >= 0.6 is 11.6 Å². The molecule has 1 aromatic carbocycles. The predicted octanol–water partition coefficient (Wildman–Crippen LogP) is 0.821. The molecule has 0 aliphatic carbocycles. The summed E-state index contributed by atoms with van der Waals surface area (Å²) in [6.45, 7) is 3.56. The van der Waals surface area contributed by atoms with Crippen LogP contribution < -0.4 is 11.1 Å². The van der Waals surface area contributed by atoms with Crippen LogP contribution in [0.15, 0.2) is 23.1 Å². The van der Waals surface area contributed by atoms with Gasteiger partial charge in [0.05, 0.1) is 5.02 Å². The summed E-state index contributed by atoms with van der Waals surface area (Å²) in [6, 6.07) is 4.26. The molecule has 1 fully saturated rings. The maximum absolute atomic E-state index is 12.7. The second kappa shape index (κ2) is 4.91. The van der Waals surface area contributed by atoms with Gasteiger partial charge in [0, 0.05) is 18.8 Å². The molecule has 0 atom stereocenters. The Morgan fingerprint density at radius 3 is 2.70 bits per heavy atom. The number of benzene rings is 1. The molecule has 0 saturated carbocycles. The van der Waals surface area contributed by atoms with Crippen molar-refractivity contribution >= 4 is 33.2 Å². The number of carbonyl (C=O) groups excluding carboxylic acids is 1. The minimum absolute atomic E-state index is 0.0815. The third-order valence-electron chi connectivity index (χ3n) is 3.30. The number of nitrogen functional groups attached to an aromatic ring is 1. The van der Waals surface area contributed by atoms with Crippen molar-refractivity contribution in [1.82, 2.24) is 9.62 Å². The summed E-state index contributed by atoms with van der Waals surface area (Å²) in [7, 11) is -3.90. The minimum Gasteiger partial charge on any atom is -0.399 e. The van der Waals surface area contributed by atoms with Crippen molar-refractivity contribution < 1.29 is 13.2 Å². The van der Waals surface area contributed by atoms with Crippen LogP contribution in [0.4, 0.5) is 5.69 Å². The van der Waals surface area contributed by atoms with E-state index in [0.29, 0.717) is 5.69 Å². The number of amides is 1. The van der Waals surface area contributed by atoms with Crippen molar-refractivity contribution in [2.75, 3.05) is 18.8 Å². The highest BCUT2D eigenvalue weighted by molar-refractivity contribution is 7.89. The van der Waals surface area contributed by atoms with Gasteiger partial charge in [-0.15, -0.1) is 0 Å². The lowest BCUT2D eigenvalue weighted by atomic mass is 10.0. The fourth-order valence-corrected chi connectivity index (χ4v) is 4.40. The Morgan fingerprint density at radius 2 is 2.05 bits per heavy atom. The molecular weight excluding hydrogens is 302 g/mol. The van der Waals surface area contributed by atoms with E-state index in [2.05, 4.69) is 5.32 Å². The number of nitrogens with zero attached hydrogens (tertiary/aromatic N) is 1. The molecule has 0 bridgehead atoms. The van der Waals surface area contributed by atoms with E-state index < -0.39 is 15.6 Å². The van der Waals surface area contributed by atoms with Crippen molar-refractivity contribution in [3.05, 3.63) is 23.2 Å². The molecule has 1 aliphatic rings. The molecule has 0 spiro atoms. The largest absolute Gasteiger partial charge is 0.399 e. The van der Waals surface area contributed by atoms with Gasteiger partial charge in [0.15, 0.2) is 0 Å². The summed E-state index contributed by atoms with van der Waals surface area (Å²) >= 11 is 5.97. The maximum Gasteiger partial charge on any atom is 0.245 e. The quantitative estimate of drug-likeness (QED) is 0.790. The van der Waals surface area contributed by atoms with Crippen molar-refractivity contribution in [2.24, 2.45) is 0 Å². The van der Waals surface area contributed by atoms with Crippen molar-refractivity contribution in [2.45, 2.75) is 24.3 Å². The van der Waals surface area contributed by atoms with Gasteiger partial charge in [-0.25, -0.2) is 8.42 Å². The average Bonchev–Trinajstić information content (AvgIpc) is 2.35. The number of hydrogen-bond acceptors (Lipinski definition) is 4. The van der Waals surface area contributed by atoms with Crippen molar-refractivity contribution in [1.29, 1.82) is 0 Å². The second-order valence-corrected chi connectivity index (χ2v) is 7.32. The Bertz CT molecular complexity index is 658. The van der Waals surface area contributed by atoms with Gasteiger partial charge in [0.25, 0.3) is 0 Å². The van der Waals surface area contributed by atoms with Crippen LogP contribution in [-0.4, -0.2) is 37.3 Å². The van der Waals surface area contributed by atoms with E-state index in [-0.39, 0.29) is 28.9 Å². The number of sulfonamides is 1. The first-order chi connectivity index (χ1) is 9.17. The molecule has 6 nitrogen and oxygen atoms in total. The molecule has 8 heteroatoms. The smallest absolute Gasteiger partial charge is 0.245 e. The first-order valence-corrected chi connectivity index (χ1v) is 7.85. The highest BCUT2D eigenvalue weighted by atomic mass is 35.5. The number of anilines is 1. The highest BCUT2D eigenvalue weighted by Crippen LogP contribution is 2.31. The van der Waals surface area contributed by atoms with E-state index in [4.69, 9.17) is 17.3 Å². The number of carbonyl (C=O) groups is 1. The summed E-state index contributed by atoms with van der Waals surface area (Å²) < 4.78 is 26.6. The van der Waals surface area contributed by atoms with E-state index >= 15 is 0 Å². The lowest BCUT2D eigenvalue weighted by molar-refractivity contribution is -0.131. The van der Waals surface area contributed by atoms with Gasteiger partial charge in [-0.1, -0.05) is 11.6 Å². The number of rotatable bonds is 2. The highest BCUT2D eigenvalue weighted by Gasteiger charge is 2.45. The topological polar surface area (TPSA) is 92.5 Å². The Balaban J connectivity index is 2.55. The number of hydrogen-bond donors (Lipinski definition) is 2. The van der Waals surface area contributed by atoms with E-state index in [1.54, 1.807) is 13.8 Å². The van der Waals surface area contributed by atoms with Gasteiger partial charge in [0.1, 0.15) is 10.4 Å². The number of nitrogens with two attached hydrogens (primary N) is 1. The van der Waals surface area contributed by atoms with E-state index in [1.807, 2.05) is 0 Å². The van der Waals surface area contributed by atoms with Crippen LogP contribution in [0.3, 0.4) is 0 Å². The summed E-state index contributed by atoms with van der Waals surface area (Å²) in [4.78, 5) is 11.8. The van der Waals surface area contributed by atoms with Gasteiger partial charge < -0.3 is 11.1 Å². The predicted molar refractivity (Wildman–Crippen MR) is 76.8 cm³/mol. The lowest BCUT2D eigenvalue weighted by Crippen LogP contribution is -2.63. The van der Waals surface area contributed by atoms with Crippen LogP contribution in [-0.2, 0) is 14.8 Å². The first kappa shape index (κ1) is 15.1. The molecule has 0 aromatic heterocycles. The van der Waals surface area contributed by atoms with Crippen molar-refractivity contribution in [3.8, 4) is 0 Å². The standard InChI is InChI=1S/C12H16ClN3O3S/c1-12(2)11(17)15-5-6-16(12)20(18,19)10-7-8(14)3-4-9(10)13/h3-4,7H,5-6,14H2,1-2H3,(H,15,17). The van der Waals surface area contributed by atoms with Crippen LogP contribution in [0.25, 0.3) is 0 Å². The third-order valence-corrected chi connectivity index (χ3v) is 5.86. The molecular formula is C12H16ClN3O3S. The van der Waals surface area contributed by atoms with Crippen LogP contribution in [0.2, 0.25) is 5.02 Å². The zero-order valence-corrected chi connectivity index (χ0v) is 12.8. The van der Waals surface area contributed by atoms with Gasteiger partial charge in [-0.05, 0) is 32.0 Å². The summed E-state index contributed by atoms with van der Waals surface area (Å²) in [5.41, 5.74) is 4.75. The Morgan fingerprint density at radius 1 is 1.40 bits per heavy atom. The van der Waals surface area contributed by atoms with Gasteiger partial charge in [0.2, 0.25) is 15.9 Å². The average molecular weight is 318 g/mol. The number of nitrogens with one attached hydrogen (secondary N) is 1. The van der Waals surface area contributed by atoms with Crippen LogP contribution in [0.5, 0.6) is 0 Å². The van der Waals surface area contributed by atoms with Crippen LogP contribution in [0.1, 0.15) is 13.8 Å². The summed E-state index contributed by atoms with van der Waals surface area (Å²) in [5.74, 6) is -0.340. The molecule has 1 saturated heterocycles. The third kappa shape index (κ3) is 2.36. The SMILES string of the molecule is CC1(C)C(=O)NCCN1S(=O)(=O)c1cc(N)ccc1Cl.